The lowest BCUT2D eigenvalue weighted by atomic mass is 10.0. The minimum absolute atomic E-state index is 0.0156. The van der Waals surface area contributed by atoms with Crippen LogP contribution in [0.15, 0.2) is 59.3 Å². The van der Waals surface area contributed by atoms with Crippen molar-refractivity contribution >= 4 is 41.2 Å². The Kier molecular flexibility index (Phi) is 5.52. The number of aromatic carboxylic acids is 1. The molecule has 1 aliphatic rings. The van der Waals surface area contributed by atoms with Crippen LogP contribution in [-0.4, -0.2) is 30.1 Å². The summed E-state index contributed by atoms with van der Waals surface area (Å²) in [6, 6.07) is 9.80. The van der Waals surface area contributed by atoms with Gasteiger partial charge >= 0.3 is 11.9 Å². The number of esters is 1. The number of ether oxygens (including phenoxy) is 1. The van der Waals surface area contributed by atoms with Gasteiger partial charge in [-0.15, -0.1) is 0 Å². The van der Waals surface area contributed by atoms with E-state index in [1.54, 1.807) is 12.1 Å². The number of carbonyl (C=O) groups excluding carboxylic acids is 2. The third-order valence-electron chi connectivity index (χ3n) is 4.44. The number of carboxylic acids is 1. The molecule has 8 heteroatoms. The van der Waals surface area contributed by atoms with Gasteiger partial charge < -0.3 is 9.84 Å². The number of allylic oxidation sites excluding steroid dienone is 1. The maximum atomic E-state index is 13.5. The average Bonchev–Trinajstić information content (AvgIpc) is 2.93. The molecule has 0 radical (unpaired) electrons. The van der Waals surface area contributed by atoms with Crippen molar-refractivity contribution in [3.8, 4) is 0 Å². The summed E-state index contributed by atoms with van der Waals surface area (Å²) in [7, 11) is 1.17. The lowest BCUT2D eigenvalue weighted by Gasteiger charge is -2.18. The van der Waals surface area contributed by atoms with Crippen LogP contribution < -0.4 is 4.90 Å². The van der Waals surface area contributed by atoms with E-state index < -0.39 is 23.7 Å². The highest BCUT2D eigenvalue weighted by molar-refractivity contribution is 6.31. The Morgan fingerprint density at radius 1 is 1.21 bits per heavy atom. The smallest absolute Gasteiger partial charge is 0.340 e. The molecule has 1 amide bonds. The predicted molar refractivity (Wildman–Crippen MR) is 105 cm³/mol. The molecule has 2 aromatic carbocycles. The monoisotopic (exact) mass is 415 g/mol. The van der Waals surface area contributed by atoms with Crippen molar-refractivity contribution in [3.05, 3.63) is 81.3 Å². The largest absolute Gasteiger partial charge is 0.478 e. The number of benzene rings is 2. The molecule has 0 aliphatic carbocycles. The van der Waals surface area contributed by atoms with Crippen LogP contribution in [0.4, 0.5) is 10.1 Å². The quantitative estimate of drug-likeness (QED) is 0.601. The van der Waals surface area contributed by atoms with Crippen LogP contribution in [0.25, 0.3) is 6.08 Å². The van der Waals surface area contributed by atoms with Crippen molar-refractivity contribution in [2.45, 2.75) is 6.92 Å². The zero-order chi connectivity index (χ0) is 21.3. The Balaban J connectivity index is 2.20. The fourth-order valence-corrected chi connectivity index (χ4v) is 3.26. The highest BCUT2D eigenvalue weighted by Crippen LogP contribution is 2.37. The number of hydrogen-bond donors (Lipinski definition) is 1. The summed E-state index contributed by atoms with van der Waals surface area (Å²) in [6.07, 6.45) is 1.33. The second-order valence-electron chi connectivity index (χ2n) is 6.14. The molecular formula is C21H15ClFNO5. The van der Waals surface area contributed by atoms with Crippen molar-refractivity contribution in [2.75, 3.05) is 12.0 Å². The normalized spacial score (nSPS) is 15.2. The molecule has 0 unspecified atom stereocenters. The Labute approximate surface area is 170 Å². The van der Waals surface area contributed by atoms with Crippen LogP contribution in [0.2, 0.25) is 5.02 Å². The van der Waals surface area contributed by atoms with Gasteiger partial charge in [0, 0.05) is 5.70 Å². The molecule has 3 rings (SSSR count). The second-order valence-corrected chi connectivity index (χ2v) is 6.55. The predicted octanol–water partition coefficient (Wildman–Crippen LogP) is 4.05. The first-order valence-corrected chi connectivity index (χ1v) is 8.77. The number of methoxy groups -OCH3 is 1. The molecule has 148 valence electrons. The van der Waals surface area contributed by atoms with Gasteiger partial charge in [0.05, 0.1) is 34.5 Å². The van der Waals surface area contributed by atoms with Gasteiger partial charge in [0.1, 0.15) is 5.82 Å². The molecule has 0 saturated carbocycles. The van der Waals surface area contributed by atoms with E-state index >= 15 is 0 Å². The van der Waals surface area contributed by atoms with Crippen molar-refractivity contribution in [1.29, 1.82) is 0 Å². The Bertz CT molecular complexity index is 1110. The zero-order valence-corrected chi connectivity index (χ0v) is 16.2. The second kappa shape index (κ2) is 7.89. The molecule has 1 N–H and O–H groups in total. The van der Waals surface area contributed by atoms with E-state index in [0.29, 0.717) is 0 Å². The van der Waals surface area contributed by atoms with Gasteiger partial charge in [-0.1, -0.05) is 29.8 Å². The van der Waals surface area contributed by atoms with Gasteiger partial charge in [-0.3, -0.25) is 9.69 Å². The number of carbonyl (C=O) groups is 3. The molecule has 2 aromatic rings. The molecule has 0 fully saturated rings. The van der Waals surface area contributed by atoms with Gasteiger partial charge in [0.15, 0.2) is 0 Å². The van der Waals surface area contributed by atoms with Crippen LogP contribution in [0.5, 0.6) is 0 Å². The minimum atomic E-state index is -1.18. The summed E-state index contributed by atoms with van der Waals surface area (Å²) in [5.41, 5.74) is 0.676. The molecule has 0 bridgehead atoms. The number of amides is 1. The summed E-state index contributed by atoms with van der Waals surface area (Å²) in [4.78, 5) is 38.2. The van der Waals surface area contributed by atoms with Crippen LogP contribution >= 0.6 is 11.6 Å². The minimum Gasteiger partial charge on any atom is -0.478 e. The van der Waals surface area contributed by atoms with Gasteiger partial charge in [0.2, 0.25) is 0 Å². The van der Waals surface area contributed by atoms with Gasteiger partial charge in [-0.2, -0.15) is 0 Å². The van der Waals surface area contributed by atoms with Gasteiger partial charge in [0.25, 0.3) is 5.91 Å². The number of rotatable bonds is 4. The first-order valence-electron chi connectivity index (χ1n) is 8.39. The molecule has 29 heavy (non-hydrogen) atoms. The molecule has 0 spiro atoms. The summed E-state index contributed by atoms with van der Waals surface area (Å²) >= 11 is 5.84. The van der Waals surface area contributed by atoms with E-state index in [1.807, 2.05) is 0 Å². The molecule has 0 saturated heterocycles. The van der Waals surface area contributed by atoms with E-state index in [9.17, 15) is 23.9 Å². The van der Waals surface area contributed by atoms with Crippen molar-refractivity contribution in [2.24, 2.45) is 0 Å². The third kappa shape index (κ3) is 3.64. The lowest BCUT2D eigenvalue weighted by Crippen LogP contribution is -2.24. The molecular weight excluding hydrogens is 401 g/mol. The molecule has 0 atom stereocenters. The van der Waals surface area contributed by atoms with Crippen molar-refractivity contribution < 1.29 is 28.6 Å². The highest BCUT2D eigenvalue weighted by Gasteiger charge is 2.38. The maximum absolute atomic E-state index is 13.5. The van der Waals surface area contributed by atoms with Crippen LogP contribution in [0.1, 0.15) is 22.8 Å². The fraction of sp³-hybridized carbons (Fsp3) is 0.0952. The SMILES string of the molecule is COC(=O)C1=C(C)N(c2ccc(F)c(Cl)c2)C(=O)/C1=C\c1ccccc1C(=O)O. The van der Waals surface area contributed by atoms with Crippen LogP contribution in [0, 0.1) is 5.82 Å². The van der Waals surface area contributed by atoms with Crippen LogP contribution in [-0.2, 0) is 14.3 Å². The summed E-state index contributed by atoms with van der Waals surface area (Å²) in [5.74, 6) is -3.18. The van der Waals surface area contributed by atoms with E-state index in [1.165, 1.54) is 49.3 Å². The first-order chi connectivity index (χ1) is 13.8. The average molecular weight is 416 g/mol. The lowest BCUT2D eigenvalue weighted by molar-refractivity contribution is -0.136. The third-order valence-corrected chi connectivity index (χ3v) is 4.73. The van der Waals surface area contributed by atoms with Crippen LogP contribution in [0.3, 0.4) is 0 Å². The van der Waals surface area contributed by atoms with Gasteiger partial charge in [-0.05, 0) is 42.8 Å². The summed E-state index contributed by atoms with van der Waals surface area (Å²) in [6.45, 7) is 1.53. The fourth-order valence-electron chi connectivity index (χ4n) is 3.09. The number of anilines is 1. The van der Waals surface area contributed by atoms with Crippen molar-refractivity contribution in [1.82, 2.24) is 0 Å². The Morgan fingerprint density at radius 3 is 2.52 bits per heavy atom. The molecule has 1 heterocycles. The number of carboxylic acid groups (broad SMARTS) is 1. The zero-order valence-electron chi connectivity index (χ0n) is 15.4. The summed E-state index contributed by atoms with van der Waals surface area (Å²) < 4.78 is 18.3. The highest BCUT2D eigenvalue weighted by atomic mass is 35.5. The topological polar surface area (TPSA) is 83.9 Å². The van der Waals surface area contributed by atoms with E-state index in [4.69, 9.17) is 16.3 Å². The molecule has 1 aliphatic heterocycles. The van der Waals surface area contributed by atoms with Gasteiger partial charge in [-0.25, -0.2) is 14.0 Å². The number of nitrogens with zero attached hydrogens (tertiary/aromatic N) is 1. The van der Waals surface area contributed by atoms with E-state index in [0.717, 1.165) is 6.07 Å². The first kappa shape index (κ1) is 20.3. The Hall–Kier alpha value is -3.45. The standard InChI is InChI=1S/C21H15ClFNO5/c1-11-18(21(28)29-2)15(9-12-5-3-4-6-14(12)20(26)27)19(25)24(11)13-7-8-17(23)16(22)10-13/h3-10H,1-2H3,(H,26,27)/b15-9-. The molecule has 0 aromatic heterocycles. The molecule has 6 nitrogen and oxygen atoms in total. The number of halogens is 2. The maximum Gasteiger partial charge on any atom is 0.340 e. The number of hydrogen-bond acceptors (Lipinski definition) is 4. The Morgan fingerprint density at radius 2 is 1.90 bits per heavy atom. The van der Waals surface area contributed by atoms with E-state index in [2.05, 4.69) is 0 Å². The van der Waals surface area contributed by atoms with E-state index in [-0.39, 0.29) is 38.7 Å². The van der Waals surface area contributed by atoms with Crippen molar-refractivity contribution in [3.63, 3.8) is 0 Å². The summed E-state index contributed by atoms with van der Waals surface area (Å²) in [5, 5.41) is 9.20.